The largest absolute Gasteiger partial charge is 0.492 e. The first-order valence-corrected chi connectivity index (χ1v) is 8.80. The highest BCUT2D eigenvalue weighted by molar-refractivity contribution is 6.32. The standard InChI is InChI=1S/C18H29ClN2O2/c1-4-10-23-17-7-6-15(11-16(17)19)12-21-9-5-8-18(22,14-21)13-20(2)3/h6-7,11,22H,4-5,8-10,12-14H2,1-3H3/t18-/m0/s1. The highest BCUT2D eigenvalue weighted by Crippen LogP contribution is 2.28. The molecular formula is C18H29ClN2O2. The Hall–Kier alpha value is -0.810. The van der Waals surface area contributed by atoms with Crippen LogP contribution in [0.15, 0.2) is 18.2 Å². The lowest BCUT2D eigenvalue weighted by atomic mass is 9.92. The van der Waals surface area contributed by atoms with Crippen LogP contribution in [0.5, 0.6) is 5.75 Å². The molecule has 0 saturated carbocycles. The van der Waals surface area contributed by atoms with Gasteiger partial charge < -0.3 is 14.7 Å². The summed E-state index contributed by atoms with van der Waals surface area (Å²) in [5.41, 5.74) is 0.545. The van der Waals surface area contributed by atoms with Gasteiger partial charge in [-0.15, -0.1) is 0 Å². The van der Waals surface area contributed by atoms with Gasteiger partial charge in [0.05, 0.1) is 17.2 Å². The van der Waals surface area contributed by atoms with Crippen molar-refractivity contribution in [2.45, 2.75) is 38.3 Å². The maximum atomic E-state index is 10.8. The predicted molar refractivity (Wildman–Crippen MR) is 95.3 cm³/mol. The molecule has 0 aromatic heterocycles. The fourth-order valence-corrected chi connectivity index (χ4v) is 3.55. The number of β-amino-alcohol motifs (C(OH)–C–C–N with tert-alkyl or cyclic N) is 1. The summed E-state index contributed by atoms with van der Waals surface area (Å²) >= 11 is 6.31. The van der Waals surface area contributed by atoms with Crippen molar-refractivity contribution < 1.29 is 9.84 Å². The summed E-state index contributed by atoms with van der Waals surface area (Å²) in [7, 11) is 4.01. The van der Waals surface area contributed by atoms with Gasteiger partial charge in [-0.25, -0.2) is 0 Å². The van der Waals surface area contributed by atoms with Crippen molar-refractivity contribution >= 4 is 11.6 Å². The second-order valence-electron chi connectivity index (χ2n) is 6.89. The fraction of sp³-hybridized carbons (Fsp3) is 0.667. The summed E-state index contributed by atoms with van der Waals surface area (Å²) in [5.74, 6) is 0.750. The van der Waals surface area contributed by atoms with E-state index in [0.717, 1.165) is 43.7 Å². The molecule has 0 bridgehead atoms. The van der Waals surface area contributed by atoms with E-state index in [4.69, 9.17) is 16.3 Å². The Labute approximate surface area is 145 Å². The fourth-order valence-electron chi connectivity index (χ4n) is 3.29. The average molecular weight is 341 g/mol. The topological polar surface area (TPSA) is 35.9 Å². The molecule has 1 fully saturated rings. The zero-order valence-corrected chi connectivity index (χ0v) is 15.3. The molecule has 0 spiro atoms. The third kappa shape index (κ3) is 5.64. The van der Waals surface area contributed by atoms with E-state index >= 15 is 0 Å². The Morgan fingerprint density at radius 2 is 2.17 bits per heavy atom. The predicted octanol–water partition coefficient (Wildman–Crippen LogP) is 3.02. The molecule has 1 atom stereocenters. The minimum Gasteiger partial charge on any atom is -0.492 e. The van der Waals surface area contributed by atoms with Gasteiger partial charge in [-0.05, 0) is 57.6 Å². The van der Waals surface area contributed by atoms with E-state index in [9.17, 15) is 5.11 Å². The molecule has 1 aliphatic heterocycles. The Morgan fingerprint density at radius 1 is 1.39 bits per heavy atom. The molecule has 1 aromatic carbocycles. The van der Waals surface area contributed by atoms with Crippen molar-refractivity contribution in [1.82, 2.24) is 9.80 Å². The Morgan fingerprint density at radius 3 is 2.83 bits per heavy atom. The van der Waals surface area contributed by atoms with E-state index in [-0.39, 0.29) is 0 Å². The molecule has 2 rings (SSSR count). The smallest absolute Gasteiger partial charge is 0.137 e. The summed E-state index contributed by atoms with van der Waals surface area (Å²) in [5, 5.41) is 11.4. The van der Waals surface area contributed by atoms with Crippen LogP contribution in [0.4, 0.5) is 0 Å². The SMILES string of the molecule is CCCOc1ccc(CN2CCC[C@](O)(CN(C)C)C2)cc1Cl. The number of rotatable bonds is 7. The molecular weight excluding hydrogens is 312 g/mol. The second-order valence-corrected chi connectivity index (χ2v) is 7.30. The van der Waals surface area contributed by atoms with Crippen molar-refractivity contribution in [3.63, 3.8) is 0 Å². The molecule has 1 aromatic rings. The van der Waals surface area contributed by atoms with E-state index in [0.29, 0.717) is 24.7 Å². The zero-order chi connectivity index (χ0) is 16.9. The molecule has 1 aliphatic rings. The van der Waals surface area contributed by atoms with Crippen LogP contribution >= 0.6 is 11.6 Å². The third-order valence-electron chi connectivity index (χ3n) is 4.11. The maximum absolute atomic E-state index is 10.8. The Kier molecular flexibility index (Phi) is 6.72. The monoisotopic (exact) mass is 340 g/mol. The zero-order valence-electron chi connectivity index (χ0n) is 14.5. The van der Waals surface area contributed by atoms with Gasteiger partial charge in [-0.2, -0.15) is 0 Å². The molecule has 130 valence electrons. The van der Waals surface area contributed by atoms with E-state index in [1.165, 1.54) is 0 Å². The summed E-state index contributed by atoms with van der Waals surface area (Å²) in [6, 6.07) is 5.99. The number of piperidine rings is 1. The van der Waals surface area contributed by atoms with Gasteiger partial charge in [0.15, 0.2) is 0 Å². The van der Waals surface area contributed by atoms with E-state index in [1.54, 1.807) is 0 Å². The molecule has 1 N–H and O–H groups in total. The summed E-state index contributed by atoms with van der Waals surface area (Å²) in [4.78, 5) is 4.37. The normalized spacial score (nSPS) is 22.5. The first-order chi connectivity index (χ1) is 10.9. The van der Waals surface area contributed by atoms with Crippen LogP contribution in [0.25, 0.3) is 0 Å². The van der Waals surface area contributed by atoms with Crippen LogP contribution in [0.3, 0.4) is 0 Å². The van der Waals surface area contributed by atoms with Gasteiger partial charge in [0.25, 0.3) is 0 Å². The molecule has 0 aliphatic carbocycles. The van der Waals surface area contributed by atoms with Crippen molar-refractivity contribution in [2.75, 3.05) is 40.3 Å². The minimum absolute atomic E-state index is 0.615. The summed E-state index contributed by atoms with van der Waals surface area (Å²) in [6.45, 7) is 5.99. The third-order valence-corrected chi connectivity index (χ3v) is 4.40. The average Bonchev–Trinajstić information content (AvgIpc) is 2.45. The number of halogens is 1. The van der Waals surface area contributed by atoms with Crippen LogP contribution in [-0.4, -0.2) is 60.8 Å². The van der Waals surface area contributed by atoms with Gasteiger partial charge in [-0.3, -0.25) is 4.90 Å². The van der Waals surface area contributed by atoms with E-state index < -0.39 is 5.60 Å². The lowest BCUT2D eigenvalue weighted by Crippen LogP contribution is -2.52. The van der Waals surface area contributed by atoms with Crippen LogP contribution in [0, 0.1) is 0 Å². The van der Waals surface area contributed by atoms with Crippen molar-refractivity contribution in [3.8, 4) is 5.75 Å². The number of benzene rings is 1. The summed E-state index contributed by atoms with van der Waals surface area (Å²) < 4.78 is 5.62. The lowest BCUT2D eigenvalue weighted by molar-refractivity contribution is -0.0479. The highest BCUT2D eigenvalue weighted by Gasteiger charge is 2.33. The van der Waals surface area contributed by atoms with Crippen LogP contribution < -0.4 is 4.74 Å². The summed E-state index contributed by atoms with van der Waals surface area (Å²) in [6.07, 6.45) is 2.86. The number of hydrogen-bond acceptors (Lipinski definition) is 4. The van der Waals surface area contributed by atoms with E-state index in [1.807, 2.05) is 26.2 Å². The number of likely N-dealkylation sites (tertiary alicyclic amines) is 1. The minimum atomic E-state index is -0.615. The van der Waals surface area contributed by atoms with Crippen LogP contribution in [0.2, 0.25) is 5.02 Å². The van der Waals surface area contributed by atoms with Crippen LogP contribution in [0.1, 0.15) is 31.7 Å². The number of aliphatic hydroxyl groups is 1. The molecule has 1 saturated heterocycles. The first-order valence-electron chi connectivity index (χ1n) is 8.42. The second kappa shape index (κ2) is 8.34. The van der Waals surface area contributed by atoms with Crippen molar-refractivity contribution in [1.29, 1.82) is 0 Å². The van der Waals surface area contributed by atoms with Crippen molar-refractivity contribution in [2.24, 2.45) is 0 Å². The molecule has 23 heavy (non-hydrogen) atoms. The number of likely N-dealkylation sites (N-methyl/N-ethyl adjacent to an activating group) is 1. The number of ether oxygens (including phenoxy) is 1. The molecule has 0 unspecified atom stereocenters. The molecule has 4 nitrogen and oxygen atoms in total. The Balaban J connectivity index is 1.97. The number of hydrogen-bond donors (Lipinski definition) is 1. The van der Waals surface area contributed by atoms with E-state index in [2.05, 4.69) is 22.8 Å². The van der Waals surface area contributed by atoms with Gasteiger partial charge in [0.1, 0.15) is 5.75 Å². The Bertz CT molecular complexity index is 510. The molecule has 1 heterocycles. The lowest BCUT2D eigenvalue weighted by Gasteiger charge is -2.40. The quantitative estimate of drug-likeness (QED) is 0.827. The van der Waals surface area contributed by atoms with Gasteiger partial charge in [-0.1, -0.05) is 24.6 Å². The number of nitrogens with zero attached hydrogens (tertiary/aromatic N) is 2. The van der Waals surface area contributed by atoms with Gasteiger partial charge in [0.2, 0.25) is 0 Å². The van der Waals surface area contributed by atoms with Crippen molar-refractivity contribution in [3.05, 3.63) is 28.8 Å². The highest BCUT2D eigenvalue weighted by atomic mass is 35.5. The van der Waals surface area contributed by atoms with Gasteiger partial charge >= 0.3 is 0 Å². The van der Waals surface area contributed by atoms with Crippen LogP contribution in [-0.2, 0) is 6.54 Å². The molecule has 0 radical (unpaired) electrons. The molecule has 0 amide bonds. The first kappa shape index (κ1) is 18.5. The maximum Gasteiger partial charge on any atom is 0.137 e. The van der Waals surface area contributed by atoms with Gasteiger partial charge in [0, 0.05) is 19.6 Å². The molecule has 5 heteroatoms.